The number of benzene rings is 4. The maximum atomic E-state index is 6.46. The number of nitrogens with zero attached hydrogens (tertiary/aromatic N) is 2. The van der Waals surface area contributed by atoms with Crippen LogP contribution in [0, 0.1) is 0 Å². The highest BCUT2D eigenvalue weighted by atomic mass is 35.5. The lowest BCUT2D eigenvalue weighted by Gasteiger charge is -2.17. The van der Waals surface area contributed by atoms with Gasteiger partial charge in [-0.2, -0.15) is 0 Å². The Kier molecular flexibility index (Phi) is 7.10. The second-order valence-corrected chi connectivity index (χ2v) is 9.82. The third-order valence-electron chi connectivity index (χ3n) is 5.68. The summed E-state index contributed by atoms with van der Waals surface area (Å²) in [5, 5.41) is 1.19. The smallest absolute Gasteiger partial charge is 0.176 e. The van der Waals surface area contributed by atoms with Crippen molar-refractivity contribution in [1.82, 2.24) is 4.72 Å². The van der Waals surface area contributed by atoms with Gasteiger partial charge in [-0.05, 0) is 53.1 Å². The number of pyridine rings is 1. The van der Waals surface area contributed by atoms with Gasteiger partial charge in [0.25, 0.3) is 0 Å². The molecule has 5 heteroatoms. The van der Waals surface area contributed by atoms with Crippen LogP contribution in [0.25, 0.3) is 33.4 Å². The number of hydrogen-bond donors (Lipinski definition) is 0. The zero-order valence-electron chi connectivity index (χ0n) is 19.0. The molecule has 1 radical (unpaired) electrons. The quantitative estimate of drug-likeness (QED) is 0.164. The molecule has 1 heterocycles. The molecule has 4 aromatic carbocycles. The average Bonchev–Trinajstić information content (AvgIpc) is 2.89. The van der Waals surface area contributed by atoms with Crippen LogP contribution in [-0.4, -0.2) is 0 Å². The Labute approximate surface area is 220 Å². The molecule has 0 fully saturated rings. The first-order valence-corrected chi connectivity index (χ1v) is 12.7. The highest BCUT2D eigenvalue weighted by Gasteiger charge is 2.18. The SMILES string of the molecule is C[n+]1cccc(-c2cc(-c3ccccc3)c([N]Sc3ccc(Cl)cc3Cl)c(-c3ccccc3)c2)c1. The fourth-order valence-electron chi connectivity index (χ4n) is 3.98. The molecule has 2 nitrogen and oxygen atoms in total. The zero-order chi connectivity index (χ0) is 24.2. The number of rotatable bonds is 6. The minimum absolute atomic E-state index is 0.585. The Balaban J connectivity index is 1.71. The molecule has 0 spiro atoms. The lowest BCUT2D eigenvalue weighted by molar-refractivity contribution is -0.671. The van der Waals surface area contributed by atoms with E-state index < -0.39 is 0 Å². The molecular formula is C30H22Cl2N2S+. The first-order valence-electron chi connectivity index (χ1n) is 11.2. The molecule has 35 heavy (non-hydrogen) atoms. The molecule has 0 saturated carbocycles. The maximum absolute atomic E-state index is 6.46. The summed E-state index contributed by atoms with van der Waals surface area (Å²) < 4.78 is 7.12. The molecule has 0 aliphatic heterocycles. The maximum Gasteiger partial charge on any atom is 0.176 e. The first-order chi connectivity index (χ1) is 17.1. The molecule has 5 aromatic rings. The standard InChI is InChI=1S/C30H22Cl2N2S/c1-34-16-8-13-23(20-34)24-17-26(21-9-4-2-5-10-21)30(27(18-24)22-11-6-3-7-12-22)33-35-29-15-14-25(31)19-28(29)32/h2-20H,1H3/q+1. The summed E-state index contributed by atoms with van der Waals surface area (Å²) in [6.07, 6.45) is 4.17. The van der Waals surface area contributed by atoms with Crippen LogP contribution < -0.4 is 9.29 Å². The third-order valence-corrected chi connectivity index (χ3v) is 7.17. The van der Waals surface area contributed by atoms with Gasteiger partial charge < -0.3 is 0 Å². The van der Waals surface area contributed by atoms with E-state index in [9.17, 15) is 0 Å². The molecule has 0 aliphatic rings. The van der Waals surface area contributed by atoms with Crippen molar-refractivity contribution in [2.75, 3.05) is 0 Å². The second-order valence-electron chi connectivity index (χ2n) is 8.17. The number of aromatic nitrogens is 1. The average molecular weight is 513 g/mol. The molecule has 0 bridgehead atoms. The van der Waals surface area contributed by atoms with E-state index in [1.807, 2.05) is 37.5 Å². The highest BCUT2D eigenvalue weighted by Crippen LogP contribution is 2.43. The molecule has 0 N–H and O–H groups in total. The van der Waals surface area contributed by atoms with Crippen molar-refractivity contribution in [2.24, 2.45) is 7.05 Å². The summed E-state index contributed by atoms with van der Waals surface area (Å²) in [5.74, 6) is 0. The number of aryl methyl sites for hydroxylation is 1. The van der Waals surface area contributed by atoms with Crippen LogP contribution in [-0.2, 0) is 7.05 Å². The summed E-state index contributed by atoms with van der Waals surface area (Å²) in [5.41, 5.74) is 7.51. The van der Waals surface area contributed by atoms with Gasteiger partial charge in [0.15, 0.2) is 12.4 Å². The monoisotopic (exact) mass is 512 g/mol. The van der Waals surface area contributed by atoms with Gasteiger partial charge in [-0.1, -0.05) is 83.9 Å². The van der Waals surface area contributed by atoms with E-state index >= 15 is 0 Å². The lowest BCUT2D eigenvalue weighted by Crippen LogP contribution is -2.26. The van der Waals surface area contributed by atoms with Gasteiger partial charge in [-0.25, -0.2) is 9.29 Å². The van der Waals surface area contributed by atoms with E-state index in [0.717, 1.165) is 44.0 Å². The van der Waals surface area contributed by atoms with Crippen LogP contribution in [0.15, 0.2) is 120 Å². The van der Waals surface area contributed by atoms with Crippen molar-refractivity contribution in [3.63, 3.8) is 0 Å². The van der Waals surface area contributed by atoms with Crippen LogP contribution >= 0.6 is 35.1 Å². The van der Waals surface area contributed by atoms with Crippen LogP contribution in [0.3, 0.4) is 0 Å². The summed E-state index contributed by atoms with van der Waals surface area (Å²) in [6.45, 7) is 0. The largest absolute Gasteiger partial charge is 0.210 e. The fraction of sp³-hybridized carbons (Fsp3) is 0.0333. The van der Waals surface area contributed by atoms with E-state index in [1.165, 1.54) is 11.9 Å². The predicted molar refractivity (Wildman–Crippen MR) is 148 cm³/mol. The Bertz CT molecular complexity index is 1410. The number of halogens is 2. The normalized spacial score (nSPS) is 10.8. The Morgan fingerprint density at radius 3 is 1.83 bits per heavy atom. The van der Waals surface area contributed by atoms with Crippen molar-refractivity contribution in [3.05, 3.63) is 126 Å². The number of hydrogen-bond acceptors (Lipinski definition) is 1. The van der Waals surface area contributed by atoms with E-state index in [2.05, 4.69) is 83.6 Å². The molecule has 171 valence electrons. The highest BCUT2D eigenvalue weighted by molar-refractivity contribution is 7.97. The summed E-state index contributed by atoms with van der Waals surface area (Å²) in [6, 6.07) is 34.9. The van der Waals surface area contributed by atoms with Gasteiger partial charge in [0.2, 0.25) is 0 Å². The van der Waals surface area contributed by atoms with E-state index in [0.29, 0.717) is 10.0 Å². The summed E-state index contributed by atoms with van der Waals surface area (Å²) >= 11 is 13.9. The third kappa shape index (κ3) is 5.38. The van der Waals surface area contributed by atoms with Crippen LogP contribution in [0.5, 0.6) is 0 Å². The van der Waals surface area contributed by atoms with Crippen molar-refractivity contribution in [3.8, 4) is 33.4 Å². The fourth-order valence-corrected chi connectivity index (χ4v) is 5.15. The minimum Gasteiger partial charge on any atom is -0.210 e. The minimum atomic E-state index is 0.585. The second kappa shape index (κ2) is 10.6. The van der Waals surface area contributed by atoms with E-state index in [4.69, 9.17) is 27.9 Å². The van der Waals surface area contributed by atoms with E-state index in [-0.39, 0.29) is 0 Å². The van der Waals surface area contributed by atoms with Crippen LogP contribution in [0.2, 0.25) is 10.0 Å². The summed E-state index contributed by atoms with van der Waals surface area (Å²) in [4.78, 5) is 0.855. The zero-order valence-corrected chi connectivity index (χ0v) is 21.4. The molecule has 0 atom stereocenters. The first kappa shape index (κ1) is 23.5. The Morgan fingerprint density at radius 2 is 1.26 bits per heavy atom. The molecular weight excluding hydrogens is 491 g/mol. The molecule has 0 aliphatic carbocycles. The van der Waals surface area contributed by atoms with Gasteiger partial charge in [-0.3, -0.25) is 0 Å². The van der Waals surface area contributed by atoms with Gasteiger partial charge in [0.1, 0.15) is 7.05 Å². The van der Waals surface area contributed by atoms with E-state index in [1.54, 1.807) is 6.07 Å². The molecule has 0 amide bonds. The molecule has 5 rings (SSSR count). The van der Waals surface area contributed by atoms with Gasteiger partial charge in [-0.15, -0.1) is 0 Å². The van der Waals surface area contributed by atoms with Crippen molar-refractivity contribution < 1.29 is 4.57 Å². The van der Waals surface area contributed by atoms with Gasteiger partial charge in [0, 0.05) is 44.6 Å². The lowest BCUT2D eigenvalue weighted by atomic mass is 9.91. The van der Waals surface area contributed by atoms with Crippen molar-refractivity contribution >= 4 is 40.8 Å². The van der Waals surface area contributed by atoms with Crippen LogP contribution in [0.1, 0.15) is 0 Å². The molecule has 1 aromatic heterocycles. The van der Waals surface area contributed by atoms with Gasteiger partial charge in [0.05, 0.1) is 10.7 Å². The van der Waals surface area contributed by atoms with Crippen molar-refractivity contribution in [1.29, 1.82) is 0 Å². The van der Waals surface area contributed by atoms with Crippen molar-refractivity contribution in [2.45, 2.75) is 4.90 Å². The van der Waals surface area contributed by atoms with Gasteiger partial charge >= 0.3 is 0 Å². The molecule has 0 saturated heterocycles. The molecule has 0 unspecified atom stereocenters. The Hall–Kier alpha value is -3.24. The van der Waals surface area contributed by atoms with Crippen LogP contribution in [0.4, 0.5) is 5.69 Å². The topological polar surface area (TPSA) is 18.0 Å². The Morgan fingerprint density at radius 1 is 0.657 bits per heavy atom. The predicted octanol–water partition coefficient (Wildman–Crippen LogP) is 8.76. The summed E-state index contributed by atoms with van der Waals surface area (Å²) in [7, 11) is 2.04.